The van der Waals surface area contributed by atoms with Gasteiger partial charge >= 0.3 is 5.97 Å². The molecule has 0 spiro atoms. The second-order valence-corrected chi connectivity index (χ2v) is 12.0. The highest BCUT2D eigenvalue weighted by Crippen LogP contribution is 2.68. The molecule has 0 aliphatic heterocycles. The fourth-order valence-electron chi connectivity index (χ4n) is 9.03. The fourth-order valence-corrected chi connectivity index (χ4v) is 9.03. The van der Waals surface area contributed by atoms with Crippen molar-refractivity contribution in [2.75, 3.05) is 6.54 Å². The number of aliphatic hydroxyl groups is 1. The molecule has 1 amide bonds. The van der Waals surface area contributed by atoms with Crippen LogP contribution >= 0.6 is 0 Å². The van der Waals surface area contributed by atoms with E-state index < -0.39 is 5.97 Å². The second kappa shape index (κ2) is 8.68. The van der Waals surface area contributed by atoms with E-state index in [1.807, 2.05) is 0 Å². The van der Waals surface area contributed by atoms with Crippen molar-refractivity contribution in [3.63, 3.8) is 0 Å². The minimum atomic E-state index is -0.986. The van der Waals surface area contributed by atoms with Gasteiger partial charge in [0.25, 0.3) is 0 Å². The van der Waals surface area contributed by atoms with Gasteiger partial charge in [0.2, 0.25) is 5.91 Å². The molecule has 4 fully saturated rings. The third kappa shape index (κ3) is 4.16. The molecular weight excluding hydrogens is 390 g/mol. The van der Waals surface area contributed by atoms with Gasteiger partial charge in [0.05, 0.1) is 6.10 Å². The van der Waals surface area contributed by atoms with Gasteiger partial charge in [-0.15, -0.1) is 0 Å². The van der Waals surface area contributed by atoms with Crippen LogP contribution in [0.3, 0.4) is 0 Å². The first kappa shape index (κ1) is 23.1. The number of hydrogen-bond donors (Lipinski definition) is 3. The van der Waals surface area contributed by atoms with Gasteiger partial charge < -0.3 is 15.5 Å². The SMILES string of the molecule is C[C@H](CCC(=O)NCC(=O)O)[C@@H]1CC[C@@H]2[C@@H]3CC[C@@H]4C[C@H](O)CC[C@]4(C)[C@@H]3CC[C@@]21C. The summed E-state index contributed by atoms with van der Waals surface area (Å²) >= 11 is 0. The molecular formula is C26H43NO4. The third-order valence-electron chi connectivity index (χ3n) is 10.7. The van der Waals surface area contributed by atoms with Crippen molar-refractivity contribution in [1.82, 2.24) is 5.32 Å². The van der Waals surface area contributed by atoms with Gasteiger partial charge in [-0.3, -0.25) is 9.59 Å². The lowest BCUT2D eigenvalue weighted by atomic mass is 9.44. The lowest BCUT2D eigenvalue weighted by Gasteiger charge is -2.61. The van der Waals surface area contributed by atoms with E-state index in [1.165, 1.54) is 44.9 Å². The Morgan fingerprint density at radius 3 is 2.45 bits per heavy atom. The molecule has 0 bridgehead atoms. The molecule has 0 saturated heterocycles. The quantitative estimate of drug-likeness (QED) is 0.570. The number of carbonyl (C=O) groups excluding carboxylic acids is 1. The van der Waals surface area contributed by atoms with E-state index in [2.05, 4.69) is 26.1 Å². The number of fused-ring (bicyclic) bond motifs is 5. The predicted molar refractivity (Wildman–Crippen MR) is 120 cm³/mol. The first-order valence-corrected chi connectivity index (χ1v) is 12.8. The summed E-state index contributed by atoms with van der Waals surface area (Å²) in [7, 11) is 0. The molecule has 176 valence electrons. The lowest BCUT2D eigenvalue weighted by molar-refractivity contribution is -0.138. The Bertz CT molecular complexity index is 695. The smallest absolute Gasteiger partial charge is 0.322 e. The fraction of sp³-hybridized carbons (Fsp3) is 0.923. The molecule has 4 rings (SSSR count). The molecule has 0 unspecified atom stereocenters. The molecule has 0 heterocycles. The minimum absolute atomic E-state index is 0.0760. The first-order chi connectivity index (χ1) is 14.6. The van der Waals surface area contributed by atoms with Gasteiger partial charge in [0.15, 0.2) is 0 Å². The van der Waals surface area contributed by atoms with Crippen LogP contribution in [0.5, 0.6) is 0 Å². The molecule has 5 heteroatoms. The van der Waals surface area contributed by atoms with Crippen LogP contribution in [0.4, 0.5) is 0 Å². The molecule has 0 aromatic carbocycles. The Morgan fingerprint density at radius 2 is 1.71 bits per heavy atom. The normalized spacial score (nSPS) is 45.2. The Morgan fingerprint density at radius 1 is 1.00 bits per heavy atom. The summed E-state index contributed by atoms with van der Waals surface area (Å²) in [4.78, 5) is 22.7. The van der Waals surface area contributed by atoms with Crippen LogP contribution < -0.4 is 5.32 Å². The van der Waals surface area contributed by atoms with E-state index in [0.717, 1.165) is 37.0 Å². The number of aliphatic carboxylic acids is 1. The maximum atomic E-state index is 12.0. The first-order valence-electron chi connectivity index (χ1n) is 12.8. The Labute approximate surface area is 187 Å². The molecule has 4 saturated carbocycles. The largest absolute Gasteiger partial charge is 0.480 e. The van der Waals surface area contributed by atoms with Gasteiger partial charge in [-0.25, -0.2) is 0 Å². The summed E-state index contributed by atoms with van der Waals surface area (Å²) in [5.74, 6) is 3.23. The average molecular weight is 434 g/mol. The highest BCUT2D eigenvalue weighted by molar-refractivity contribution is 5.81. The number of aliphatic hydroxyl groups excluding tert-OH is 1. The van der Waals surface area contributed by atoms with Gasteiger partial charge in [-0.05, 0) is 111 Å². The van der Waals surface area contributed by atoms with Crippen molar-refractivity contribution >= 4 is 11.9 Å². The molecule has 9 atom stereocenters. The van der Waals surface area contributed by atoms with Crippen molar-refractivity contribution in [2.45, 2.75) is 97.5 Å². The number of carboxylic acid groups (broad SMARTS) is 1. The molecule has 0 aromatic heterocycles. The Hall–Kier alpha value is -1.10. The Balaban J connectivity index is 1.40. The average Bonchev–Trinajstić information content (AvgIpc) is 3.08. The van der Waals surface area contributed by atoms with Crippen molar-refractivity contribution < 1.29 is 19.8 Å². The zero-order valence-corrected chi connectivity index (χ0v) is 19.7. The van der Waals surface area contributed by atoms with Gasteiger partial charge in [0, 0.05) is 6.42 Å². The monoisotopic (exact) mass is 433 g/mol. The maximum Gasteiger partial charge on any atom is 0.322 e. The van der Waals surface area contributed by atoms with Crippen LogP contribution in [-0.2, 0) is 9.59 Å². The van der Waals surface area contributed by atoms with Crippen LogP contribution in [0.15, 0.2) is 0 Å². The standard InChI is InChI=1S/C26H43NO4/c1-16(4-9-23(29)27-15-24(30)31)20-7-8-21-19-6-5-17-14-18(28)10-12-25(17,2)22(19)11-13-26(20,21)3/h16-22,28H,4-15H2,1-3H3,(H,27,29)(H,30,31)/t16-,17-,18-,19+,20+,21-,22-,25+,26-/m1/s1. The number of carboxylic acids is 1. The summed E-state index contributed by atoms with van der Waals surface area (Å²) in [5.41, 5.74) is 0.810. The minimum Gasteiger partial charge on any atom is -0.480 e. The topological polar surface area (TPSA) is 86.6 Å². The van der Waals surface area contributed by atoms with Crippen molar-refractivity contribution in [1.29, 1.82) is 0 Å². The number of amides is 1. The van der Waals surface area contributed by atoms with Crippen molar-refractivity contribution in [2.24, 2.45) is 46.3 Å². The second-order valence-electron chi connectivity index (χ2n) is 12.0. The van der Waals surface area contributed by atoms with Crippen LogP contribution in [0.1, 0.15) is 91.4 Å². The number of hydrogen-bond acceptors (Lipinski definition) is 3. The predicted octanol–water partition coefficient (Wildman–Crippen LogP) is 4.62. The zero-order valence-electron chi connectivity index (χ0n) is 19.7. The molecule has 0 radical (unpaired) electrons. The van der Waals surface area contributed by atoms with Crippen LogP contribution in [0.25, 0.3) is 0 Å². The van der Waals surface area contributed by atoms with E-state index in [-0.39, 0.29) is 18.6 Å². The van der Waals surface area contributed by atoms with Gasteiger partial charge in [-0.2, -0.15) is 0 Å². The summed E-state index contributed by atoms with van der Waals surface area (Å²) in [6, 6.07) is 0. The summed E-state index contributed by atoms with van der Waals surface area (Å²) in [6.07, 6.45) is 12.3. The van der Waals surface area contributed by atoms with Crippen LogP contribution in [0, 0.1) is 46.3 Å². The number of carbonyl (C=O) groups is 2. The van der Waals surface area contributed by atoms with Gasteiger partial charge in [0.1, 0.15) is 6.54 Å². The van der Waals surface area contributed by atoms with Crippen LogP contribution in [0.2, 0.25) is 0 Å². The van der Waals surface area contributed by atoms with Crippen LogP contribution in [-0.4, -0.2) is 34.7 Å². The lowest BCUT2D eigenvalue weighted by Crippen LogP contribution is -2.54. The van der Waals surface area contributed by atoms with Crippen molar-refractivity contribution in [3.8, 4) is 0 Å². The van der Waals surface area contributed by atoms with Gasteiger partial charge in [-0.1, -0.05) is 20.8 Å². The van der Waals surface area contributed by atoms with E-state index in [4.69, 9.17) is 5.11 Å². The molecule has 5 nitrogen and oxygen atoms in total. The molecule has 3 N–H and O–H groups in total. The molecule has 31 heavy (non-hydrogen) atoms. The van der Waals surface area contributed by atoms with E-state index in [0.29, 0.717) is 35.0 Å². The van der Waals surface area contributed by atoms with E-state index >= 15 is 0 Å². The zero-order chi connectivity index (χ0) is 22.4. The Kier molecular flexibility index (Phi) is 6.46. The summed E-state index contributed by atoms with van der Waals surface area (Å²) in [5, 5.41) is 21.5. The number of nitrogens with one attached hydrogen (secondary N) is 1. The highest BCUT2D eigenvalue weighted by atomic mass is 16.4. The molecule has 4 aliphatic rings. The van der Waals surface area contributed by atoms with E-state index in [9.17, 15) is 14.7 Å². The molecule has 4 aliphatic carbocycles. The van der Waals surface area contributed by atoms with Crippen molar-refractivity contribution in [3.05, 3.63) is 0 Å². The summed E-state index contributed by atoms with van der Waals surface area (Å²) in [6.45, 7) is 7.13. The molecule has 0 aromatic rings. The van der Waals surface area contributed by atoms with E-state index in [1.54, 1.807) is 0 Å². The maximum absolute atomic E-state index is 12.0. The third-order valence-corrected chi connectivity index (χ3v) is 10.7. The summed E-state index contributed by atoms with van der Waals surface area (Å²) < 4.78 is 0. The highest BCUT2D eigenvalue weighted by Gasteiger charge is 2.60. The number of rotatable bonds is 6.